The Hall–Kier alpha value is -1.04. The molecule has 0 nitrogen and oxygen atoms in total. The fourth-order valence-corrected chi connectivity index (χ4v) is 1.72. The maximum atomic E-state index is 2.22. The highest BCUT2D eigenvalue weighted by molar-refractivity contribution is 5.42. The maximum Gasteiger partial charge on any atom is 0.00884 e. The molecule has 1 fully saturated rings. The Morgan fingerprint density at radius 3 is 2.33 bits per heavy atom. The molecule has 2 rings (SSSR count). The molecular weight excluding hydrogens is 144 g/mol. The van der Waals surface area contributed by atoms with Gasteiger partial charge < -0.3 is 0 Å². The summed E-state index contributed by atoms with van der Waals surface area (Å²) < 4.78 is 0. The molecule has 62 valence electrons. The summed E-state index contributed by atoms with van der Waals surface area (Å²) in [6.45, 7) is 4.41. The highest BCUT2D eigenvalue weighted by Crippen LogP contribution is 2.48. The van der Waals surface area contributed by atoms with E-state index in [-0.39, 0.29) is 0 Å². The van der Waals surface area contributed by atoms with E-state index in [0.29, 0.717) is 0 Å². The Morgan fingerprint density at radius 2 is 1.83 bits per heavy atom. The largest absolute Gasteiger partial charge is 0.0766 e. The molecule has 0 unspecified atom stereocenters. The van der Waals surface area contributed by atoms with E-state index in [1.807, 2.05) is 0 Å². The van der Waals surface area contributed by atoms with Crippen LogP contribution in [0.1, 0.15) is 31.7 Å². The summed E-state index contributed by atoms with van der Waals surface area (Å²) in [6.07, 6.45) is 1.28. The van der Waals surface area contributed by atoms with Crippen molar-refractivity contribution in [2.24, 2.45) is 0 Å². The van der Waals surface area contributed by atoms with Gasteiger partial charge in [-0.15, -0.1) is 0 Å². The molecule has 1 atom stereocenters. The van der Waals surface area contributed by atoms with E-state index in [9.17, 15) is 0 Å². The van der Waals surface area contributed by atoms with Gasteiger partial charge in [-0.3, -0.25) is 0 Å². The molecule has 0 amide bonds. The van der Waals surface area contributed by atoms with Crippen LogP contribution in [-0.2, 0) is 0 Å². The zero-order chi connectivity index (χ0) is 8.55. The third-order valence-electron chi connectivity index (χ3n) is 2.53. The van der Waals surface area contributed by atoms with Crippen molar-refractivity contribution in [3.63, 3.8) is 0 Å². The maximum absolute atomic E-state index is 2.22. The summed E-state index contributed by atoms with van der Waals surface area (Å²) in [4.78, 5) is 0. The van der Waals surface area contributed by atoms with Gasteiger partial charge in [0.1, 0.15) is 0 Å². The molecule has 0 N–H and O–H groups in total. The Bertz CT molecular complexity index is 302. The van der Waals surface area contributed by atoms with Gasteiger partial charge in [0.15, 0.2) is 0 Å². The molecule has 0 aromatic heterocycles. The first-order valence-electron chi connectivity index (χ1n) is 4.50. The van der Waals surface area contributed by atoms with Crippen molar-refractivity contribution in [3.05, 3.63) is 47.0 Å². The zero-order valence-corrected chi connectivity index (χ0v) is 7.67. The fourth-order valence-electron chi connectivity index (χ4n) is 1.72. The average Bonchev–Trinajstić information content (AvgIpc) is 2.84. The predicted octanol–water partition coefficient (Wildman–Crippen LogP) is 3.51. The van der Waals surface area contributed by atoms with Gasteiger partial charge in [-0.25, -0.2) is 0 Å². The second kappa shape index (κ2) is 2.78. The third kappa shape index (κ3) is 1.29. The smallest absolute Gasteiger partial charge is 0.00884 e. The van der Waals surface area contributed by atoms with E-state index in [0.717, 1.165) is 5.92 Å². The van der Waals surface area contributed by atoms with Crippen LogP contribution in [0.25, 0.3) is 0 Å². The first-order chi connectivity index (χ1) is 5.79. The monoisotopic (exact) mass is 158 g/mol. The van der Waals surface area contributed by atoms with Crippen molar-refractivity contribution in [2.45, 2.75) is 26.2 Å². The number of hydrogen-bond acceptors (Lipinski definition) is 0. The Morgan fingerprint density at radius 1 is 1.17 bits per heavy atom. The van der Waals surface area contributed by atoms with Gasteiger partial charge in [-0.2, -0.15) is 0 Å². The second-order valence-electron chi connectivity index (χ2n) is 3.69. The van der Waals surface area contributed by atoms with Crippen molar-refractivity contribution in [1.29, 1.82) is 0 Å². The minimum Gasteiger partial charge on any atom is -0.0766 e. The van der Waals surface area contributed by atoms with Crippen molar-refractivity contribution in [3.8, 4) is 0 Å². The number of benzene rings is 1. The molecule has 12 heavy (non-hydrogen) atoms. The minimum absolute atomic E-state index is 0.746. The van der Waals surface area contributed by atoms with Crippen molar-refractivity contribution < 1.29 is 0 Å². The topological polar surface area (TPSA) is 0 Å². The molecular formula is C12H14. The zero-order valence-electron chi connectivity index (χ0n) is 7.67. The molecule has 1 aromatic rings. The van der Waals surface area contributed by atoms with Crippen LogP contribution in [0.4, 0.5) is 0 Å². The van der Waals surface area contributed by atoms with Crippen molar-refractivity contribution >= 4 is 0 Å². The molecule has 1 aliphatic carbocycles. The van der Waals surface area contributed by atoms with Gasteiger partial charge in [-0.05, 0) is 25.8 Å². The molecule has 1 aromatic carbocycles. The van der Waals surface area contributed by atoms with Crippen LogP contribution in [0.3, 0.4) is 0 Å². The Balaban J connectivity index is 2.22. The van der Waals surface area contributed by atoms with E-state index in [1.165, 1.54) is 17.6 Å². The standard InChI is InChI=1S/C12H14/c1-9(2)11-8-12(11)10-6-4-3-5-7-10/h3-7,12H,8H2,1-2H3/t12-/m1/s1. The average molecular weight is 158 g/mol. The fraction of sp³-hybridized carbons (Fsp3) is 0.333. The second-order valence-corrected chi connectivity index (χ2v) is 3.69. The van der Waals surface area contributed by atoms with E-state index in [1.54, 1.807) is 5.57 Å². The molecule has 0 heterocycles. The number of allylic oxidation sites excluding steroid dienone is 2. The first kappa shape index (κ1) is 7.60. The molecule has 1 saturated carbocycles. The van der Waals surface area contributed by atoms with Crippen LogP contribution >= 0.6 is 0 Å². The highest BCUT2D eigenvalue weighted by Gasteiger charge is 2.31. The quantitative estimate of drug-likeness (QED) is 0.549. The van der Waals surface area contributed by atoms with Crippen molar-refractivity contribution in [2.75, 3.05) is 0 Å². The Kier molecular flexibility index (Phi) is 1.76. The van der Waals surface area contributed by atoms with E-state index >= 15 is 0 Å². The molecule has 1 aliphatic rings. The summed E-state index contributed by atoms with van der Waals surface area (Å²) >= 11 is 0. The first-order valence-corrected chi connectivity index (χ1v) is 4.50. The third-order valence-corrected chi connectivity index (χ3v) is 2.53. The van der Waals surface area contributed by atoms with Crippen LogP contribution in [0.2, 0.25) is 0 Å². The lowest BCUT2D eigenvalue weighted by Gasteiger charge is -1.94. The van der Waals surface area contributed by atoms with Gasteiger partial charge in [-0.1, -0.05) is 41.5 Å². The minimum atomic E-state index is 0.746. The van der Waals surface area contributed by atoms with E-state index < -0.39 is 0 Å². The Labute approximate surface area is 73.9 Å². The van der Waals surface area contributed by atoms with Gasteiger partial charge in [0.05, 0.1) is 0 Å². The van der Waals surface area contributed by atoms with Crippen LogP contribution < -0.4 is 0 Å². The summed E-state index contributed by atoms with van der Waals surface area (Å²) in [7, 11) is 0. The molecule has 0 bridgehead atoms. The molecule has 0 heteroatoms. The predicted molar refractivity (Wildman–Crippen MR) is 52.2 cm³/mol. The van der Waals surface area contributed by atoms with Crippen LogP contribution in [0, 0.1) is 0 Å². The molecule has 0 radical (unpaired) electrons. The normalized spacial score (nSPS) is 20.8. The lowest BCUT2D eigenvalue weighted by molar-refractivity contribution is 1.15. The highest BCUT2D eigenvalue weighted by atomic mass is 14.3. The summed E-state index contributed by atoms with van der Waals surface area (Å²) in [5, 5.41) is 0. The van der Waals surface area contributed by atoms with Gasteiger partial charge in [0, 0.05) is 5.92 Å². The van der Waals surface area contributed by atoms with Crippen molar-refractivity contribution in [1.82, 2.24) is 0 Å². The number of hydrogen-bond donors (Lipinski definition) is 0. The van der Waals surface area contributed by atoms with Crippen LogP contribution in [0.15, 0.2) is 41.5 Å². The lowest BCUT2D eigenvalue weighted by Crippen LogP contribution is -1.76. The van der Waals surface area contributed by atoms with E-state index in [2.05, 4.69) is 44.2 Å². The van der Waals surface area contributed by atoms with Gasteiger partial charge >= 0.3 is 0 Å². The van der Waals surface area contributed by atoms with Gasteiger partial charge in [0.2, 0.25) is 0 Å². The summed E-state index contributed by atoms with van der Waals surface area (Å²) in [5.74, 6) is 0.746. The lowest BCUT2D eigenvalue weighted by atomic mass is 10.1. The van der Waals surface area contributed by atoms with E-state index in [4.69, 9.17) is 0 Å². The molecule has 0 aliphatic heterocycles. The molecule has 0 saturated heterocycles. The molecule has 0 spiro atoms. The number of rotatable bonds is 1. The van der Waals surface area contributed by atoms with Crippen LogP contribution in [-0.4, -0.2) is 0 Å². The van der Waals surface area contributed by atoms with Gasteiger partial charge in [0.25, 0.3) is 0 Å². The van der Waals surface area contributed by atoms with Crippen LogP contribution in [0.5, 0.6) is 0 Å². The summed E-state index contributed by atoms with van der Waals surface area (Å²) in [5.41, 5.74) is 4.62. The SMILES string of the molecule is CC(C)=C1C[C@@H]1c1ccccc1. The summed E-state index contributed by atoms with van der Waals surface area (Å²) in [6, 6.07) is 10.8.